The van der Waals surface area contributed by atoms with Crippen molar-refractivity contribution in [1.82, 2.24) is 4.98 Å². The molecular formula is C12H17F3N2. The predicted molar refractivity (Wildman–Crippen MR) is 61.8 cm³/mol. The average Bonchev–Trinajstić information content (AvgIpc) is 2.23. The van der Waals surface area contributed by atoms with Crippen molar-refractivity contribution in [3.63, 3.8) is 0 Å². The molecule has 0 aromatic carbocycles. The molecule has 0 fully saturated rings. The molecule has 2 nitrogen and oxygen atoms in total. The molecule has 0 spiro atoms. The fraction of sp³-hybridized carbons (Fsp3) is 0.583. The Hall–Kier alpha value is -1.26. The van der Waals surface area contributed by atoms with Gasteiger partial charge in [-0.05, 0) is 30.9 Å². The minimum atomic E-state index is -4.38. The number of nitrogens with one attached hydrogen (secondary N) is 1. The SMILES string of the molecule is CC(C)CCCNc1cccc(C(F)(F)F)n1. The molecule has 1 N–H and O–H groups in total. The molecule has 0 saturated carbocycles. The summed E-state index contributed by atoms with van der Waals surface area (Å²) in [7, 11) is 0. The van der Waals surface area contributed by atoms with Gasteiger partial charge in [0.15, 0.2) is 0 Å². The van der Waals surface area contributed by atoms with Crippen molar-refractivity contribution in [3.8, 4) is 0 Å². The molecule has 1 aromatic heterocycles. The van der Waals surface area contributed by atoms with Gasteiger partial charge < -0.3 is 5.32 Å². The topological polar surface area (TPSA) is 24.9 Å². The summed E-state index contributed by atoms with van der Waals surface area (Å²) < 4.78 is 37.1. The number of hydrogen-bond donors (Lipinski definition) is 1. The number of rotatable bonds is 5. The number of halogens is 3. The zero-order chi connectivity index (χ0) is 12.9. The summed E-state index contributed by atoms with van der Waals surface area (Å²) in [6, 6.07) is 3.88. The van der Waals surface area contributed by atoms with E-state index in [9.17, 15) is 13.2 Å². The largest absolute Gasteiger partial charge is 0.433 e. The standard InChI is InChI=1S/C12H17F3N2/c1-9(2)5-4-8-16-11-7-3-6-10(17-11)12(13,14)15/h3,6-7,9H,4-5,8H2,1-2H3,(H,16,17). The maximum atomic E-state index is 12.4. The van der Waals surface area contributed by atoms with E-state index in [2.05, 4.69) is 24.1 Å². The third-order valence-electron chi connectivity index (χ3n) is 2.30. The number of anilines is 1. The van der Waals surface area contributed by atoms with Crippen LogP contribution in [0.4, 0.5) is 19.0 Å². The van der Waals surface area contributed by atoms with E-state index in [1.54, 1.807) is 6.07 Å². The van der Waals surface area contributed by atoms with Gasteiger partial charge in [-0.2, -0.15) is 13.2 Å². The molecule has 0 atom stereocenters. The van der Waals surface area contributed by atoms with E-state index in [1.165, 1.54) is 6.07 Å². The Balaban J connectivity index is 2.49. The maximum Gasteiger partial charge on any atom is 0.433 e. The minimum absolute atomic E-state index is 0.281. The number of alkyl halides is 3. The van der Waals surface area contributed by atoms with Crippen molar-refractivity contribution in [3.05, 3.63) is 23.9 Å². The van der Waals surface area contributed by atoms with Crippen LogP contribution in [0.5, 0.6) is 0 Å². The molecule has 0 aliphatic carbocycles. The van der Waals surface area contributed by atoms with Crippen LogP contribution in [0.25, 0.3) is 0 Å². The molecule has 0 unspecified atom stereocenters. The molecule has 17 heavy (non-hydrogen) atoms. The maximum absolute atomic E-state index is 12.4. The second-order valence-corrected chi connectivity index (χ2v) is 4.37. The van der Waals surface area contributed by atoms with E-state index in [4.69, 9.17) is 0 Å². The molecule has 0 amide bonds. The van der Waals surface area contributed by atoms with Gasteiger partial charge in [-0.1, -0.05) is 19.9 Å². The predicted octanol–water partition coefficient (Wildman–Crippen LogP) is 3.95. The van der Waals surface area contributed by atoms with Gasteiger partial charge in [0.25, 0.3) is 0 Å². The van der Waals surface area contributed by atoms with Gasteiger partial charge in [-0.15, -0.1) is 0 Å². The highest BCUT2D eigenvalue weighted by atomic mass is 19.4. The normalized spacial score (nSPS) is 11.9. The van der Waals surface area contributed by atoms with Gasteiger partial charge in [0, 0.05) is 6.54 Å². The first kappa shape index (κ1) is 13.8. The average molecular weight is 246 g/mol. The Morgan fingerprint density at radius 3 is 2.59 bits per heavy atom. The van der Waals surface area contributed by atoms with Crippen LogP contribution in [0.3, 0.4) is 0 Å². The zero-order valence-electron chi connectivity index (χ0n) is 10.0. The van der Waals surface area contributed by atoms with Crippen LogP contribution in [0.2, 0.25) is 0 Å². The Morgan fingerprint density at radius 2 is 2.00 bits per heavy atom. The van der Waals surface area contributed by atoms with Crippen LogP contribution in [0, 0.1) is 5.92 Å². The molecule has 1 aromatic rings. The summed E-state index contributed by atoms with van der Waals surface area (Å²) in [6.07, 6.45) is -2.41. The van der Waals surface area contributed by atoms with E-state index in [-0.39, 0.29) is 5.82 Å². The van der Waals surface area contributed by atoms with Crippen molar-refractivity contribution in [2.24, 2.45) is 5.92 Å². The Labute approximate surface area is 99.3 Å². The summed E-state index contributed by atoms with van der Waals surface area (Å²) in [5.74, 6) is 0.884. The molecule has 1 rings (SSSR count). The van der Waals surface area contributed by atoms with Gasteiger partial charge >= 0.3 is 6.18 Å². The van der Waals surface area contributed by atoms with Crippen LogP contribution >= 0.6 is 0 Å². The molecule has 0 aliphatic rings. The molecule has 0 bridgehead atoms. The fourth-order valence-corrected chi connectivity index (χ4v) is 1.42. The lowest BCUT2D eigenvalue weighted by molar-refractivity contribution is -0.141. The first-order valence-electron chi connectivity index (χ1n) is 5.67. The molecule has 0 aliphatic heterocycles. The van der Waals surface area contributed by atoms with Crippen molar-refractivity contribution in [1.29, 1.82) is 0 Å². The zero-order valence-corrected chi connectivity index (χ0v) is 10.0. The highest BCUT2D eigenvalue weighted by Gasteiger charge is 2.32. The number of pyridine rings is 1. The van der Waals surface area contributed by atoms with Crippen LogP contribution in [0.15, 0.2) is 18.2 Å². The minimum Gasteiger partial charge on any atom is -0.370 e. The van der Waals surface area contributed by atoms with E-state index in [0.29, 0.717) is 12.5 Å². The summed E-state index contributed by atoms with van der Waals surface area (Å²) in [5, 5.41) is 2.90. The van der Waals surface area contributed by atoms with E-state index < -0.39 is 11.9 Å². The summed E-state index contributed by atoms with van der Waals surface area (Å²) in [6.45, 7) is 4.87. The van der Waals surface area contributed by atoms with Crippen LogP contribution < -0.4 is 5.32 Å². The molecule has 96 valence electrons. The van der Waals surface area contributed by atoms with Crippen LogP contribution in [0.1, 0.15) is 32.4 Å². The Bertz CT molecular complexity index is 348. The molecule has 0 radical (unpaired) electrons. The first-order chi connectivity index (χ1) is 7.89. The third-order valence-corrected chi connectivity index (χ3v) is 2.30. The number of aromatic nitrogens is 1. The third kappa shape index (κ3) is 5.06. The lowest BCUT2D eigenvalue weighted by atomic mass is 10.1. The first-order valence-corrected chi connectivity index (χ1v) is 5.67. The van der Waals surface area contributed by atoms with E-state index in [0.717, 1.165) is 18.9 Å². The number of hydrogen-bond acceptors (Lipinski definition) is 2. The molecule has 0 saturated heterocycles. The van der Waals surface area contributed by atoms with Crippen LogP contribution in [-0.2, 0) is 6.18 Å². The van der Waals surface area contributed by atoms with Crippen LogP contribution in [-0.4, -0.2) is 11.5 Å². The summed E-state index contributed by atoms with van der Waals surface area (Å²) in [5.41, 5.74) is -0.855. The second-order valence-electron chi connectivity index (χ2n) is 4.37. The smallest absolute Gasteiger partial charge is 0.370 e. The van der Waals surface area contributed by atoms with Gasteiger partial charge in [-0.3, -0.25) is 0 Å². The number of nitrogens with zero attached hydrogens (tertiary/aromatic N) is 1. The highest BCUT2D eigenvalue weighted by molar-refractivity contribution is 5.35. The van der Waals surface area contributed by atoms with Gasteiger partial charge in [0.2, 0.25) is 0 Å². The van der Waals surface area contributed by atoms with Crippen molar-refractivity contribution >= 4 is 5.82 Å². The van der Waals surface area contributed by atoms with Gasteiger partial charge in [0.1, 0.15) is 11.5 Å². The summed E-state index contributed by atoms with van der Waals surface area (Å²) in [4.78, 5) is 3.52. The van der Waals surface area contributed by atoms with E-state index in [1.807, 2.05) is 0 Å². The summed E-state index contributed by atoms with van der Waals surface area (Å²) >= 11 is 0. The molecule has 5 heteroatoms. The van der Waals surface area contributed by atoms with Crippen molar-refractivity contribution in [2.45, 2.75) is 32.9 Å². The fourth-order valence-electron chi connectivity index (χ4n) is 1.42. The van der Waals surface area contributed by atoms with E-state index >= 15 is 0 Å². The monoisotopic (exact) mass is 246 g/mol. The van der Waals surface area contributed by atoms with Crippen molar-refractivity contribution in [2.75, 3.05) is 11.9 Å². The van der Waals surface area contributed by atoms with Crippen molar-refractivity contribution < 1.29 is 13.2 Å². The lowest BCUT2D eigenvalue weighted by Crippen LogP contribution is -2.11. The molecule has 1 heterocycles. The molecular weight excluding hydrogens is 229 g/mol. The second kappa shape index (κ2) is 5.89. The van der Waals surface area contributed by atoms with Gasteiger partial charge in [0.05, 0.1) is 0 Å². The Morgan fingerprint density at radius 1 is 1.29 bits per heavy atom. The van der Waals surface area contributed by atoms with Gasteiger partial charge in [-0.25, -0.2) is 4.98 Å². The lowest BCUT2D eigenvalue weighted by Gasteiger charge is -2.10. The highest BCUT2D eigenvalue weighted by Crippen LogP contribution is 2.28. The quantitative estimate of drug-likeness (QED) is 0.796. The Kier molecular flexibility index (Phi) is 4.78.